The van der Waals surface area contributed by atoms with Crippen LogP contribution in [0, 0.1) is 23.2 Å². The largest absolute Gasteiger partial charge is 0.481 e. The third kappa shape index (κ3) is 5.23. The first-order valence-corrected chi connectivity index (χ1v) is 13.8. The molecule has 8 nitrogen and oxygen atoms in total. The van der Waals surface area contributed by atoms with Gasteiger partial charge in [-0.1, -0.05) is 58.0 Å². The summed E-state index contributed by atoms with van der Waals surface area (Å²) in [6.45, 7) is 11.1. The predicted molar refractivity (Wildman–Crippen MR) is 145 cm³/mol. The Hall–Kier alpha value is -2.78. The summed E-state index contributed by atoms with van der Waals surface area (Å²) < 4.78 is 13.2. The van der Waals surface area contributed by atoms with Crippen molar-refractivity contribution in [1.82, 2.24) is 20.6 Å². The van der Waals surface area contributed by atoms with Gasteiger partial charge >= 0.3 is 7.12 Å². The Bertz CT molecular complexity index is 1150. The van der Waals surface area contributed by atoms with Crippen LogP contribution in [0.3, 0.4) is 0 Å². The van der Waals surface area contributed by atoms with Crippen LogP contribution >= 0.6 is 0 Å². The van der Waals surface area contributed by atoms with Crippen LogP contribution in [0.5, 0.6) is 0 Å². The predicted octanol–water partition coefficient (Wildman–Crippen LogP) is 3.62. The molecule has 202 valence electrons. The lowest BCUT2D eigenvalue weighted by Gasteiger charge is -2.63. The quantitative estimate of drug-likeness (QED) is 0.492. The number of carbonyl (C=O) groups excluding carboxylic acids is 2. The summed E-state index contributed by atoms with van der Waals surface area (Å²) in [4.78, 5) is 34.8. The van der Waals surface area contributed by atoms with Gasteiger partial charge < -0.3 is 19.9 Å². The lowest BCUT2D eigenvalue weighted by atomic mass is 9.45. The van der Waals surface area contributed by atoms with E-state index in [4.69, 9.17) is 9.31 Å². The fraction of sp³-hybridized carbons (Fsp3) is 0.586. The highest BCUT2D eigenvalue weighted by Crippen LogP contribution is 2.64. The van der Waals surface area contributed by atoms with Crippen LogP contribution in [-0.4, -0.2) is 52.6 Å². The molecule has 6 rings (SSSR count). The van der Waals surface area contributed by atoms with Crippen molar-refractivity contribution in [2.75, 3.05) is 0 Å². The highest BCUT2D eigenvalue weighted by atomic mass is 16.7. The molecule has 1 unspecified atom stereocenters. The molecule has 1 aromatic carbocycles. The second-order valence-electron chi connectivity index (χ2n) is 12.5. The Labute approximate surface area is 225 Å². The Morgan fingerprint density at radius 2 is 1.89 bits per heavy atom. The lowest BCUT2D eigenvalue weighted by Crippen LogP contribution is -2.63. The van der Waals surface area contributed by atoms with Gasteiger partial charge in [0.15, 0.2) is 0 Å². The summed E-state index contributed by atoms with van der Waals surface area (Å²) in [7, 11) is -0.528. The lowest BCUT2D eigenvalue weighted by molar-refractivity contribution is -0.185. The molecular weight excluding hydrogens is 479 g/mol. The number of rotatable bonds is 9. The van der Waals surface area contributed by atoms with E-state index in [2.05, 4.69) is 55.2 Å². The molecule has 2 heterocycles. The van der Waals surface area contributed by atoms with E-state index in [1.54, 1.807) is 0 Å². The molecule has 0 spiro atoms. The summed E-state index contributed by atoms with van der Waals surface area (Å²) in [5.74, 6) is 0.369. The van der Waals surface area contributed by atoms with Crippen molar-refractivity contribution in [3.05, 3.63) is 60.2 Å². The van der Waals surface area contributed by atoms with Gasteiger partial charge in [0.2, 0.25) is 5.91 Å². The van der Waals surface area contributed by atoms with E-state index in [0.29, 0.717) is 30.6 Å². The van der Waals surface area contributed by atoms with Crippen LogP contribution in [0.15, 0.2) is 48.9 Å². The standard InChI is InChI=1S/C29H39BN4O4/c1-18(2)13-24(30-37-25-21-15-20(28(21,3)4)16-29(25,5)38-30)34-26(35)22(14-19-9-7-6-8-10-19)33-27(36)23-17-31-11-12-32-23/h6-12,17-18,20-22,24-25H,13-16H2,1-5H3,(H,33,36)(H,34,35)/t20-,21+,22-,24-,25?,29+/m0/s1. The monoisotopic (exact) mass is 518 g/mol. The summed E-state index contributed by atoms with van der Waals surface area (Å²) in [6, 6.07) is 8.87. The van der Waals surface area contributed by atoms with Crippen LogP contribution in [0.4, 0.5) is 0 Å². The van der Waals surface area contributed by atoms with E-state index in [0.717, 1.165) is 12.0 Å². The Kier molecular flexibility index (Phi) is 7.35. The number of nitrogens with one attached hydrogen (secondary N) is 2. The van der Waals surface area contributed by atoms with Gasteiger partial charge in [-0.25, -0.2) is 4.98 Å². The minimum absolute atomic E-state index is 0.0236. The van der Waals surface area contributed by atoms with Crippen molar-refractivity contribution >= 4 is 18.9 Å². The second kappa shape index (κ2) is 10.4. The van der Waals surface area contributed by atoms with Crippen molar-refractivity contribution in [2.24, 2.45) is 23.2 Å². The maximum atomic E-state index is 13.8. The fourth-order valence-corrected chi connectivity index (χ4v) is 6.65. The van der Waals surface area contributed by atoms with E-state index in [-0.39, 0.29) is 34.7 Å². The SMILES string of the molecule is CC(C)C[C@H](NC(=O)[C@H](Cc1ccccc1)NC(=O)c1cnccn1)B1OC2[C@H]3C[C@@H](C[C@@]2(C)O1)C3(C)C. The molecule has 4 fully saturated rings. The zero-order valence-electron chi connectivity index (χ0n) is 23.0. The molecule has 9 heteroatoms. The third-order valence-electron chi connectivity index (χ3n) is 8.91. The molecule has 6 atom stereocenters. The first-order chi connectivity index (χ1) is 18.1. The van der Waals surface area contributed by atoms with Crippen molar-refractivity contribution < 1.29 is 18.9 Å². The number of aromatic nitrogens is 2. The van der Waals surface area contributed by atoms with Gasteiger partial charge in [0.25, 0.3) is 5.91 Å². The topological polar surface area (TPSA) is 102 Å². The van der Waals surface area contributed by atoms with E-state index in [1.807, 2.05) is 30.3 Å². The van der Waals surface area contributed by atoms with Crippen LogP contribution in [0.1, 0.15) is 69.9 Å². The molecule has 2 aromatic rings. The number of benzene rings is 1. The van der Waals surface area contributed by atoms with Crippen molar-refractivity contribution in [2.45, 2.75) is 84.0 Å². The normalized spacial score (nSPS) is 28.7. The fourth-order valence-electron chi connectivity index (χ4n) is 6.65. The van der Waals surface area contributed by atoms with E-state index >= 15 is 0 Å². The average Bonchev–Trinajstić information content (AvgIpc) is 3.26. The number of nitrogens with zero attached hydrogens (tertiary/aromatic N) is 2. The average molecular weight is 518 g/mol. The maximum absolute atomic E-state index is 13.8. The van der Waals surface area contributed by atoms with Gasteiger partial charge in [-0.05, 0) is 54.9 Å². The number of amides is 2. The van der Waals surface area contributed by atoms with Gasteiger partial charge in [0, 0.05) is 18.8 Å². The summed E-state index contributed by atoms with van der Waals surface area (Å²) in [5.41, 5.74) is 1.03. The number of hydrogen-bond donors (Lipinski definition) is 2. The maximum Gasteiger partial charge on any atom is 0.481 e. The van der Waals surface area contributed by atoms with Crippen LogP contribution in [0.25, 0.3) is 0 Å². The van der Waals surface area contributed by atoms with Crippen LogP contribution < -0.4 is 10.6 Å². The van der Waals surface area contributed by atoms with Crippen molar-refractivity contribution in [3.8, 4) is 0 Å². The molecule has 38 heavy (non-hydrogen) atoms. The van der Waals surface area contributed by atoms with Gasteiger partial charge in [-0.2, -0.15) is 0 Å². The Morgan fingerprint density at radius 1 is 1.13 bits per heavy atom. The molecule has 3 saturated carbocycles. The van der Waals surface area contributed by atoms with Gasteiger partial charge in [0.1, 0.15) is 11.7 Å². The molecule has 2 amide bonds. The molecule has 0 radical (unpaired) electrons. The summed E-state index contributed by atoms with van der Waals surface area (Å²) >= 11 is 0. The number of hydrogen-bond acceptors (Lipinski definition) is 6. The zero-order chi connectivity index (χ0) is 27.1. The van der Waals surface area contributed by atoms with Gasteiger partial charge in [0.05, 0.1) is 23.8 Å². The van der Waals surface area contributed by atoms with Crippen LogP contribution in [0.2, 0.25) is 0 Å². The third-order valence-corrected chi connectivity index (χ3v) is 8.91. The Balaban J connectivity index is 1.34. The first-order valence-electron chi connectivity index (χ1n) is 13.8. The Morgan fingerprint density at radius 3 is 2.55 bits per heavy atom. The molecule has 1 aromatic heterocycles. The highest BCUT2D eigenvalue weighted by Gasteiger charge is 2.67. The summed E-state index contributed by atoms with van der Waals surface area (Å²) in [6.07, 6.45) is 7.58. The zero-order valence-corrected chi connectivity index (χ0v) is 23.0. The summed E-state index contributed by atoms with van der Waals surface area (Å²) in [5, 5.41) is 6.08. The molecule has 1 aliphatic heterocycles. The van der Waals surface area contributed by atoms with Crippen LogP contribution in [-0.2, 0) is 20.5 Å². The van der Waals surface area contributed by atoms with E-state index < -0.39 is 19.1 Å². The van der Waals surface area contributed by atoms with Gasteiger partial charge in [-0.15, -0.1) is 0 Å². The number of carbonyl (C=O) groups is 2. The molecule has 3 aliphatic carbocycles. The minimum Gasteiger partial charge on any atom is -0.404 e. The smallest absolute Gasteiger partial charge is 0.404 e. The molecule has 2 N–H and O–H groups in total. The first kappa shape index (κ1) is 26.8. The second-order valence-corrected chi connectivity index (χ2v) is 12.5. The van der Waals surface area contributed by atoms with E-state index in [1.165, 1.54) is 25.0 Å². The highest BCUT2D eigenvalue weighted by molar-refractivity contribution is 6.48. The molecule has 4 aliphatic rings. The van der Waals surface area contributed by atoms with Crippen molar-refractivity contribution in [1.29, 1.82) is 0 Å². The van der Waals surface area contributed by atoms with E-state index in [9.17, 15) is 9.59 Å². The molecule has 2 bridgehead atoms. The van der Waals surface area contributed by atoms with Gasteiger partial charge in [-0.3, -0.25) is 14.6 Å². The van der Waals surface area contributed by atoms with Crippen molar-refractivity contribution in [3.63, 3.8) is 0 Å². The molecule has 1 saturated heterocycles. The minimum atomic E-state index is -0.799. The molecular formula is C29H39BN4O4.